The lowest BCUT2D eigenvalue weighted by Gasteiger charge is -2.32. The second-order valence-electron chi connectivity index (χ2n) is 10.9. The van der Waals surface area contributed by atoms with E-state index >= 15 is 0 Å². The predicted octanol–water partition coefficient (Wildman–Crippen LogP) is 7.12. The summed E-state index contributed by atoms with van der Waals surface area (Å²) in [5.41, 5.74) is -0.726. The molecular formula is C35H49N3O9S6. The molecule has 3 aromatic rings. The number of carbonyl (C=O) groups excluding carboxylic acids is 1. The van der Waals surface area contributed by atoms with Crippen LogP contribution in [0.1, 0.15) is 6.92 Å². The van der Waals surface area contributed by atoms with Gasteiger partial charge in [-0.05, 0) is 75.7 Å². The Balaban J connectivity index is 1.39. The molecule has 0 atom stereocenters. The van der Waals surface area contributed by atoms with Crippen molar-refractivity contribution in [1.82, 2.24) is 15.0 Å². The summed E-state index contributed by atoms with van der Waals surface area (Å²) in [4.78, 5) is 35.1. The van der Waals surface area contributed by atoms with Gasteiger partial charge in [-0.3, -0.25) is 4.79 Å². The number of rotatable bonds is 35. The van der Waals surface area contributed by atoms with Crippen LogP contribution in [-0.4, -0.2) is 130 Å². The normalized spacial score (nSPS) is 11.6. The third-order valence-electron chi connectivity index (χ3n) is 6.33. The van der Waals surface area contributed by atoms with Crippen LogP contribution in [0, 0.1) is 5.41 Å². The monoisotopic (exact) mass is 847 g/mol. The SMILES string of the molecule is CC(=O)COOCC(COCCOCCSSc1ccccn1)(COCCOCCSSc1ccccn1)COCCOCCSSc1ccccn1. The first-order valence-electron chi connectivity index (χ1n) is 17.0. The lowest BCUT2D eigenvalue weighted by Crippen LogP contribution is -2.42. The molecule has 0 spiro atoms. The van der Waals surface area contributed by atoms with E-state index in [0.29, 0.717) is 59.5 Å². The molecule has 0 aliphatic heterocycles. The van der Waals surface area contributed by atoms with E-state index in [-0.39, 0.29) is 38.8 Å². The quantitative estimate of drug-likeness (QED) is 0.0258. The minimum Gasteiger partial charge on any atom is -0.378 e. The smallest absolute Gasteiger partial charge is 0.158 e. The molecule has 53 heavy (non-hydrogen) atoms. The molecule has 0 fully saturated rings. The molecule has 0 aliphatic carbocycles. The van der Waals surface area contributed by atoms with Gasteiger partial charge in [-0.2, -0.15) is 0 Å². The zero-order valence-electron chi connectivity index (χ0n) is 29.9. The summed E-state index contributed by atoms with van der Waals surface area (Å²) in [6, 6.07) is 17.6. The largest absolute Gasteiger partial charge is 0.378 e. The Hall–Kier alpha value is -1.10. The number of hydrogen-bond acceptors (Lipinski definition) is 18. The number of ether oxygens (including phenoxy) is 6. The highest BCUT2D eigenvalue weighted by Crippen LogP contribution is 2.30. The van der Waals surface area contributed by atoms with E-state index in [9.17, 15) is 4.79 Å². The second-order valence-corrected chi connectivity index (χ2v) is 18.2. The average molecular weight is 848 g/mol. The van der Waals surface area contributed by atoms with E-state index in [4.69, 9.17) is 38.2 Å². The maximum Gasteiger partial charge on any atom is 0.158 e. The molecular weight excluding hydrogens is 799 g/mol. The van der Waals surface area contributed by atoms with Crippen LogP contribution in [0.15, 0.2) is 88.3 Å². The number of nitrogens with zero attached hydrogens (tertiary/aromatic N) is 3. The Labute approximate surface area is 336 Å². The molecule has 0 aliphatic rings. The average Bonchev–Trinajstić information content (AvgIpc) is 3.18. The maximum absolute atomic E-state index is 11.5. The summed E-state index contributed by atoms with van der Waals surface area (Å²) >= 11 is 0. The van der Waals surface area contributed by atoms with E-state index < -0.39 is 5.41 Å². The van der Waals surface area contributed by atoms with Gasteiger partial charge in [0.1, 0.15) is 21.7 Å². The third kappa shape index (κ3) is 24.9. The van der Waals surface area contributed by atoms with Crippen LogP contribution in [0.4, 0.5) is 0 Å². The molecule has 0 saturated carbocycles. The Morgan fingerprint density at radius 1 is 0.509 bits per heavy atom. The van der Waals surface area contributed by atoms with E-state index in [1.54, 1.807) is 83.4 Å². The topological polar surface area (TPSA) is 130 Å². The van der Waals surface area contributed by atoms with Crippen LogP contribution in [0.25, 0.3) is 0 Å². The number of pyridine rings is 3. The van der Waals surface area contributed by atoms with Crippen molar-refractivity contribution in [2.45, 2.75) is 22.0 Å². The van der Waals surface area contributed by atoms with E-state index in [1.807, 2.05) is 54.6 Å². The van der Waals surface area contributed by atoms with Crippen molar-refractivity contribution >= 4 is 70.5 Å². The molecule has 294 valence electrons. The highest BCUT2D eigenvalue weighted by atomic mass is 33.1. The molecule has 0 bridgehead atoms. The van der Waals surface area contributed by atoms with Crippen molar-refractivity contribution in [3.05, 3.63) is 73.2 Å². The highest BCUT2D eigenvalue weighted by molar-refractivity contribution is 8.77. The van der Waals surface area contributed by atoms with Crippen molar-refractivity contribution in [2.24, 2.45) is 5.41 Å². The summed E-state index contributed by atoms with van der Waals surface area (Å²) in [5.74, 6) is 2.32. The number of hydrogen-bond donors (Lipinski definition) is 0. The molecule has 0 unspecified atom stereocenters. The van der Waals surface area contributed by atoms with Crippen LogP contribution >= 0.6 is 64.8 Å². The second kappa shape index (κ2) is 32.0. The fourth-order valence-corrected chi connectivity index (χ4v) is 9.06. The minimum atomic E-state index is -0.726. The van der Waals surface area contributed by atoms with Gasteiger partial charge in [-0.15, -0.1) is 0 Å². The van der Waals surface area contributed by atoms with Crippen LogP contribution in [0.3, 0.4) is 0 Å². The van der Waals surface area contributed by atoms with Crippen LogP contribution < -0.4 is 0 Å². The standard InChI is InChI=1S/C35H49N3O9S6/c1-31(39)26-46-47-30-35(27-43-17-14-40-20-23-48-51-32-8-2-5-11-36-32,28-44-18-15-41-21-24-49-52-33-9-3-6-12-37-33)29-45-19-16-42-22-25-50-53-34-10-4-7-13-38-34/h2-13H,14-30H2,1H3. The fourth-order valence-electron chi connectivity index (χ4n) is 3.84. The summed E-state index contributed by atoms with van der Waals surface area (Å²) in [6.45, 7) is 6.36. The summed E-state index contributed by atoms with van der Waals surface area (Å²) in [7, 11) is 9.96. The molecule has 12 nitrogen and oxygen atoms in total. The van der Waals surface area contributed by atoms with Gasteiger partial charge >= 0.3 is 0 Å². The first kappa shape index (κ1) is 46.3. The van der Waals surface area contributed by atoms with Gasteiger partial charge in [0.15, 0.2) is 5.78 Å². The van der Waals surface area contributed by atoms with Gasteiger partial charge < -0.3 is 28.4 Å². The Morgan fingerprint density at radius 2 is 0.887 bits per heavy atom. The molecule has 0 N–H and O–H groups in total. The van der Waals surface area contributed by atoms with Crippen molar-refractivity contribution < 1.29 is 43.0 Å². The summed E-state index contributed by atoms with van der Waals surface area (Å²) in [5, 5.41) is 2.91. The first-order valence-corrected chi connectivity index (χ1v) is 23.9. The zero-order chi connectivity index (χ0) is 37.3. The Kier molecular flexibility index (Phi) is 28.0. The van der Waals surface area contributed by atoms with Gasteiger partial charge in [0.05, 0.1) is 91.3 Å². The lowest BCUT2D eigenvalue weighted by atomic mass is 9.92. The highest BCUT2D eigenvalue weighted by Gasteiger charge is 2.33. The molecule has 3 rings (SSSR count). The van der Waals surface area contributed by atoms with Crippen LogP contribution in [0.2, 0.25) is 0 Å². The predicted molar refractivity (Wildman–Crippen MR) is 218 cm³/mol. The van der Waals surface area contributed by atoms with Crippen LogP contribution in [0.5, 0.6) is 0 Å². The Morgan fingerprint density at radius 3 is 1.23 bits per heavy atom. The molecule has 0 amide bonds. The van der Waals surface area contributed by atoms with Crippen LogP contribution in [-0.2, 0) is 43.0 Å². The number of ketones is 1. The molecule has 0 radical (unpaired) electrons. The number of aromatic nitrogens is 3. The minimum absolute atomic E-state index is 0.0903. The van der Waals surface area contributed by atoms with Gasteiger partial charge in [0.25, 0.3) is 0 Å². The van der Waals surface area contributed by atoms with Gasteiger partial charge in [0.2, 0.25) is 0 Å². The summed E-state index contributed by atoms with van der Waals surface area (Å²) < 4.78 is 35.6. The van der Waals surface area contributed by atoms with Gasteiger partial charge in [-0.1, -0.05) is 50.6 Å². The Bertz CT molecular complexity index is 1160. The van der Waals surface area contributed by atoms with Gasteiger partial charge in [-0.25, -0.2) is 24.7 Å². The van der Waals surface area contributed by atoms with E-state index in [0.717, 1.165) is 32.3 Å². The lowest BCUT2D eigenvalue weighted by molar-refractivity contribution is -0.313. The maximum atomic E-state index is 11.5. The van der Waals surface area contributed by atoms with Crippen molar-refractivity contribution in [3.63, 3.8) is 0 Å². The molecule has 3 heterocycles. The summed E-state index contributed by atoms with van der Waals surface area (Å²) in [6.07, 6.45) is 5.35. The van der Waals surface area contributed by atoms with Crippen molar-refractivity contribution in [3.8, 4) is 0 Å². The molecule has 0 saturated heterocycles. The van der Waals surface area contributed by atoms with Crippen molar-refractivity contribution in [1.29, 1.82) is 0 Å². The van der Waals surface area contributed by atoms with E-state index in [1.165, 1.54) is 6.92 Å². The molecule has 0 aromatic carbocycles. The molecule has 18 heteroatoms. The van der Waals surface area contributed by atoms with Gasteiger partial charge in [0, 0.05) is 35.8 Å². The first-order chi connectivity index (χ1) is 26.2. The number of carbonyl (C=O) groups is 1. The molecule has 3 aromatic heterocycles. The zero-order valence-corrected chi connectivity index (χ0v) is 34.8. The van der Waals surface area contributed by atoms with Crippen molar-refractivity contribution in [2.75, 3.05) is 110 Å². The third-order valence-corrected chi connectivity index (χ3v) is 13.0. The number of Topliss-reactive ketones (excluding diaryl/α,β-unsaturated/α-hetero) is 1. The van der Waals surface area contributed by atoms with E-state index in [2.05, 4.69) is 15.0 Å². The fraction of sp³-hybridized carbons (Fsp3) is 0.543.